The zero-order valence-corrected chi connectivity index (χ0v) is 20.8. The largest absolute Gasteiger partial charge is 0.481 e. The zero-order valence-electron chi connectivity index (χ0n) is 18.3. The molecule has 1 aromatic rings. The molecule has 182 valence electrons. The van der Waals surface area contributed by atoms with E-state index in [0.717, 1.165) is 63.3 Å². The number of carbonyl (C=O) groups is 2. The van der Waals surface area contributed by atoms with Crippen molar-refractivity contribution in [3.8, 4) is 0 Å². The van der Waals surface area contributed by atoms with Gasteiger partial charge >= 0.3 is 12.0 Å². The molecule has 4 rings (SSSR count). The number of urea groups is 1. The van der Waals surface area contributed by atoms with Gasteiger partial charge in [-0.1, -0.05) is 0 Å². The van der Waals surface area contributed by atoms with Gasteiger partial charge in [0.2, 0.25) is 0 Å². The Labute approximate surface area is 207 Å². The van der Waals surface area contributed by atoms with E-state index in [1.807, 2.05) is 4.90 Å². The van der Waals surface area contributed by atoms with Gasteiger partial charge in [0.05, 0.1) is 24.0 Å². The third kappa shape index (κ3) is 6.57. The van der Waals surface area contributed by atoms with E-state index in [1.54, 1.807) is 11.1 Å². The van der Waals surface area contributed by atoms with Gasteiger partial charge in [-0.05, 0) is 19.9 Å². The maximum Gasteiger partial charge on any atom is 0.326 e. The molecule has 2 fully saturated rings. The molecule has 0 aliphatic carbocycles. The Morgan fingerprint density at radius 3 is 2.34 bits per heavy atom. The van der Waals surface area contributed by atoms with Crippen molar-refractivity contribution < 1.29 is 14.7 Å². The number of hydrogen-bond donors (Lipinski definition) is 1. The highest BCUT2D eigenvalue weighted by atomic mass is 35.5. The average Bonchev–Trinajstić information content (AvgIpc) is 3.00. The van der Waals surface area contributed by atoms with Gasteiger partial charge < -0.3 is 19.8 Å². The van der Waals surface area contributed by atoms with Gasteiger partial charge in [-0.15, -0.1) is 37.2 Å². The van der Waals surface area contributed by atoms with Crippen LogP contribution in [0.25, 0.3) is 0 Å². The Balaban J connectivity index is 0.00000171. The molecular weight excluding hydrogens is 479 g/mol. The minimum atomic E-state index is -0.758. The highest BCUT2D eigenvalue weighted by Crippen LogP contribution is 2.25. The first kappa shape index (κ1) is 28.6. The fourth-order valence-electron chi connectivity index (χ4n) is 4.50. The summed E-state index contributed by atoms with van der Waals surface area (Å²) in [5.41, 5.74) is 2.07. The summed E-state index contributed by atoms with van der Waals surface area (Å²) in [6, 6.07) is 0.241. The van der Waals surface area contributed by atoms with Crippen LogP contribution in [0.2, 0.25) is 0 Å². The predicted molar refractivity (Wildman–Crippen MR) is 130 cm³/mol. The molecule has 2 saturated heterocycles. The first-order chi connectivity index (χ1) is 14.0. The van der Waals surface area contributed by atoms with Crippen molar-refractivity contribution in [1.29, 1.82) is 0 Å². The molecule has 1 aromatic heterocycles. The number of carboxylic acids is 1. The second-order valence-electron chi connectivity index (χ2n) is 8.27. The van der Waals surface area contributed by atoms with Gasteiger partial charge in [0.15, 0.2) is 5.82 Å². The first-order valence-corrected chi connectivity index (χ1v) is 10.6. The molecule has 0 aromatic carbocycles. The van der Waals surface area contributed by atoms with Crippen molar-refractivity contribution in [2.45, 2.75) is 38.1 Å². The average molecular weight is 512 g/mol. The van der Waals surface area contributed by atoms with Crippen molar-refractivity contribution >= 4 is 55.0 Å². The number of likely N-dealkylation sites (tertiary alicyclic amines) is 1. The van der Waals surface area contributed by atoms with E-state index in [4.69, 9.17) is 10.1 Å². The summed E-state index contributed by atoms with van der Waals surface area (Å²) >= 11 is 0. The summed E-state index contributed by atoms with van der Waals surface area (Å²) < 4.78 is 0. The van der Waals surface area contributed by atoms with Crippen LogP contribution in [-0.4, -0.2) is 101 Å². The topological polar surface area (TPSA) is 93.1 Å². The number of anilines is 1. The number of likely N-dealkylation sites (N-methyl/N-ethyl adjacent to an activating group) is 1. The molecule has 3 aliphatic rings. The number of rotatable bonds is 5. The van der Waals surface area contributed by atoms with E-state index in [9.17, 15) is 9.59 Å². The van der Waals surface area contributed by atoms with Gasteiger partial charge in [-0.25, -0.2) is 9.78 Å². The summed E-state index contributed by atoms with van der Waals surface area (Å²) in [6.45, 7) is 5.57. The summed E-state index contributed by atoms with van der Waals surface area (Å²) in [4.78, 5) is 41.4. The Hall–Kier alpha value is -1.39. The monoisotopic (exact) mass is 510 g/mol. The van der Waals surface area contributed by atoms with Gasteiger partial charge in [-0.2, -0.15) is 0 Å². The number of amides is 2. The minimum Gasteiger partial charge on any atom is -0.481 e. The molecule has 0 saturated carbocycles. The van der Waals surface area contributed by atoms with Crippen molar-refractivity contribution in [2.24, 2.45) is 0 Å². The van der Waals surface area contributed by atoms with Crippen LogP contribution in [0.3, 0.4) is 0 Å². The molecule has 1 N–H and O–H groups in total. The molecule has 4 heterocycles. The molecule has 2 amide bonds. The second kappa shape index (κ2) is 12.7. The summed E-state index contributed by atoms with van der Waals surface area (Å²) in [6.07, 6.45) is 5.48. The first-order valence-electron chi connectivity index (χ1n) is 10.6. The fourth-order valence-corrected chi connectivity index (χ4v) is 4.50. The number of nitrogens with zero attached hydrogens (tertiary/aromatic N) is 6. The quantitative estimate of drug-likeness (QED) is 0.646. The lowest BCUT2D eigenvalue weighted by Gasteiger charge is -2.36. The lowest BCUT2D eigenvalue weighted by molar-refractivity contribution is -0.137. The highest BCUT2D eigenvalue weighted by molar-refractivity contribution is 5.93. The Kier molecular flexibility index (Phi) is 11.4. The van der Waals surface area contributed by atoms with E-state index in [0.29, 0.717) is 25.5 Å². The number of fused-ring (bicyclic) bond motifs is 1. The van der Waals surface area contributed by atoms with Crippen molar-refractivity contribution in [2.75, 3.05) is 57.8 Å². The normalized spacial score (nSPS) is 20.0. The number of halogens is 3. The van der Waals surface area contributed by atoms with Gasteiger partial charge in [0.1, 0.15) is 0 Å². The van der Waals surface area contributed by atoms with Crippen molar-refractivity contribution in [3.05, 3.63) is 17.6 Å². The molecule has 0 unspecified atom stereocenters. The lowest BCUT2D eigenvalue weighted by atomic mass is 10.0. The number of aromatic nitrogens is 2. The standard InChI is InChI=1S/C20H30N6O3.3ClH/c1-23-7-4-16-17(5-8-23)22-18(14-21-16)26-13-12-25(20(26)29)15-2-9-24(10-3-15)11-6-19(27)28;;;/h14-15H,2-13H2,1H3,(H,27,28);3*1H. The number of piperidine rings is 1. The van der Waals surface area contributed by atoms with Gasteiger partial charge in [0.25, 0.3) is 0 Å². The second-order valence-corrected chi connectivity index (χ2v) is 8.27. The summed E-state index contributed by atoms with van der Waals surface area (Å²) in [5.74, 6) is -0.0920. The van der Waals surface area contributed by atoms with Gasteiger partial charge in [-0.3, -0.25) is 14.7 Å². The minimum absolute atomic E-state index is 0. The number of carboxylic acid groups (broad SMARTS) is 1. The van der Waals surface area contributed by atoms with Crippen LogP contribution in [0.4, 0.5) is 10.6 Å². The SMILES string of the molecule is CN1CCc2ncc(N3CCN(C4CCN(CCC(=O)O)CC4)C3=O)nc2CC1.Cl.Cl.Cl. The van der Waals surface area contributed by atoms with Crippen LogP contribution in [0.15, 0.2) is 6.20 Å². The Morgan fingerprint density at radius 2 is 1.69 bits per heavy atom. The van der Waals surface area contributed by atoms with Crippen LogP contribution in [-0.2, 0) is 17.6 Å². The fraction of sp³-hybridized carbons (Fsp3) is 0.700. The maximum atomic E-state index is 13.1. The summed E-state index contributed by atoms with van der Waals surface area (Å²) in [5, 5.41) is 8.84. The number of carbonyl (C=O) groups excluding carboxylic acids is 1. The number of aliphatic carboxylic acids is 1. The molecule has 32 heavy (non-hydrogen) atoms. The molecule has 9 nitrogen and oxygen atoms in total. The van der Waals surface area contributed by atoms with E-state index in [1.165, 1.54) is 0 Å². The zero-order chi connectivity index (χ0) is 20.4. The molecule has 12 heteroatoms. The molecule has 0 spiro atoms. The third-order valence-electron chi connectivity index (χ3n) is 6.34. The highest BCUT2D eigenvalue weighted by Gasteiger charge is 2.37. The van der Waals surface area contributed by atoms with Crippen molar-refractivity contribution in [1.82, 2.24) is 24.7 Å². The third-order valence-corrected chi connectivity index (χ3v) is 6.34. The van der Waals surface area contributed by atoms with E-state index in [2.05, 4.69) is 21.8 Å². The molecule has 0 bridgehead atoms. The molecular formula is C20H33Cl3N6O3. The predicted octanol–water partition coefficient (Wildman–Crippen LogP) is 1.95. The molecule has 0 atom stereocenters. The van der Waals surface area contributed by atoms with E-state index < -0.39 is 5.97 Å². The van der Waals surface area contributed by atoms with Crippen LogP contribution >= 0.6 is 37.2 Å². The molecule has 0 radical (unpaired) electrons. The van der Waals surface area contributed by atoms with E-state index in [-0.39, 0.29) is 55.7 Å². The van der Waals surface area contributed by atoms with Crippen molar-refractivity contribution in [3.63, 3.8) is 0 Å². The van der Waals surface area contributed by atoms with Crippen LogP contribution < -0.4 is 4.90 Å². The lowest BCUT2D eigenvalue weighted by Crippen LogP contribution is -2.47. The molecule has 3 aliphatic heterocycles. The number of hydrogen-bond acceptors (Lipinski definition) is 6. The summed E-state index contributed by atoms with van der Waals surface area (Å²) in [7, 11) is 2.11. The Bertz CT molecular complexity index is 779. The maximum absolute atomic E-state index is 13.1. The van der Waals surface area contributed by atoms with E-state index >= 15 is 0 Å². The van der Waals surface area contributed by atoms with Gasteiger partial charge in [0, 0.05) is 64.7 Å². The van der Waals surface area contributed by atoms with Crippen LogP contribution in [0, 0.1) is 0 Å². The smallest absolute Gasteiger partial charge is 0.326 e. The van der Waals surface area contributed by atoms with Crippen LogP contribution in [0.5, 0.6) is 0 Å². The Morgan fingerprint density at radius 1 is 1.03 bits per heavy atom. The van der Waals surface area contributed by atoms with Crippen LogP contribution in [0.1, 0.15) is 30.7 Å².